The van der Waals surface area contributed by atoms with Crippen molar-refractivity contribution in [2.45, 2.75) is 13.5 Å². The molecule has 0 aliphatic carbocycles. The highest BCUT2D eigenvalue weighted by Crippen LogP contribution is 2.19. The Morgan fingerprint density at radius 1 is 1.60 bits per heavy atom. The molecule has 80 valence electrons. The van der Waals surface area contributed by atoms with Gasteiger partial charge >= 0.3 is 0 Å². The van der Waals surface area contributed by atoms with Crippen LogP contribution in [0.25, 0.3) is 10.2 Å². The Kier molecular flexibility index (Phi) is 3.11. The van der Waals surface area contributed by atoms with E-state index in [1.54, 1.807) is 22.7 Å². The molecule has 0 amide bonds. The standard InChI is InChI=1S/C10H12N2OS2/c1-7-5-15-9-8(7)11-6-12(10(9)13)3-4-14-2/h5-6H,3-4H2,1-2H3. The van der Waals surface area contributed by atoms with Crippen molar-refractivity contribution in [2.75, 3.05) is 12.0 Å². The van der Waals surface area contributed by atoms with Gasteiger partial charge in [0.05, 0.1) is 11.8 Å². The maximum absolute atomic E-state index is 12.0. The van der Waals surface area contributed by atoms with Gasteiger partial charge in [-0.1, -0.05) is 0 Å². The number of nitrogens with zero attached hydrogens (tertiary/aromatic N) is 2. The summed E-state index contributed by atoms with van der Waals surface area (Å²) in [5.41, 5.74) is 2.03. The Hall–Kier alpha value is -0.810. The molecule has 0 saturated carbocycles. The van der Waals surface area contributed by atoms with Crippen LogP contribution in [-0.2, 0) is 6.54 Å². The molecule has 0 atom stereocenters. The van der Waals surface area contributed by atoms with Gasteiger partial charge < -0.3 is 0 Å². The zero-order chi connectivity index (χ0) is 10.8. The van der Waals surface area contributed by atoms with Gasteiger partial charge in [0.2, 0.25) is 0 Å². The van der Waals surface area contributed by atoms with Crippen molar-refractivity contribution >= 4 is 33.3 Å². The minimum atomic E-state index is 0.0900. The predicted octanol–water partition coefficient (Wildman–Crippen LogP) is 2.13. The molecule has 0 aromatic carbocycles. The number of hydrogen-bond acceptors (Lipinski definition) is 4. The third-order valence-corrected chi connectivity index (χ3v) is 3.93. The van der Waals surface area contributed by atoms with Crippen LogP contribution in [0.15, 0.2) is 16.5 Å². The molecule has 2 heterocycles. The van der Waals surface area contributed by atoms with E-state index >= 15 is 0 Å². The molecule has 0 bridgehead atoms. The van der Waals surface area contributed by atoms with Crippen molar-refractivity contribution in [3.63, 3.8) is 0 Å². The van der Waals surface area contributed by atoms with Crippen LogP contribution in [0, 0.1) is 6.92 Å². The highest BCUT2D eigenvalue weighted by molar-refractivity contribution is 7.98. The van der Waals surface area contributed by atoms with E-state index in [0.29, 0.717) is 0 Å². The van der Waals surface area contributed by atoms with E-state index in [1.165, 1.54) is 11.3 Å². The summed E-state index contributed by atoms with van der Waals surface area (Å²) in [7, 11) is 0. The molecular weight excluding hydrogens is 228 g/mol. The second-order valence-electron chi connectivity index (χ2n) is 3.33. The van der Waals surface area contributed by atoms with E-state index in [0.717, 1.165) is 28.1 Å². The molecule has 3 nitrogen and oxygen atoms in total. The summed E-state index contributed by atoms with van der Waals surface area (Å²) in [5.74, 6) is 0.942. The van der Waals surface area contributed by atoms with Gasteiger partial charge in [-0.3, -0.25) is 9.36 Å². The lowest BCUT2D eigenvalue weighted by Crippen LogP contribution is -2.20. The van der Waals surface area contributed by atoms with E-state index in [2.05, 4.69) is 4.98 Å². The van der Waals surface area contributed by atoms with Crippen molar-refractivity contribution in [3.05, 3.63) is 27.6 Å². The van der Waals surface area contributed by atoms with Crippen molar-refractivity contribution < 1.29 is 0 Å². The Labute approximate surface area is 96.1 Å². The zero-order valence-corrected chi connectivity index (χ0v) is 10.3. The van der Waals surface area contributed by atoms with Gasteiger partial charge in [0, 0.05) is 12.3 Å². The average Bonchev–Trinajstić information content (AvgIpc) is 2.61. The fraction of sp³-hybridized carbons (Fsp3) is 0.400. The van der Waals surface area contributed by atoms with Crippen LogP contribution in [0.2, 0.25) is 0 Å². The van der Waals surface area contributed by atoms with E-state index in [1.807, 2.05) is 18.6 Å². The molecule has 0 N–H and O–H groups in total. The molecule has 5 heteroatoms. The summed E-state index contributed by atoms with van der Waals surface area (Å²) in [6.07, 6.45) is 3.69. The largest absolute Gasteiger partial charge is 0.297 e. The van der Waals surface area contributed by atoms with Crippen molar-refractivity contribution in [1.82, 2.24) is 9.55 Å². The minimum Gasteiger partial charge on any atom is -0.297 e. The lowest BCUT2D eigenvalue weighted by atomic mass is 10.3. The molecule has 2 aromatic heterocycles. The van der Waals surface area contributed by atoms with Crippen LogP contribution in [0.5, 0.6) is 0 Å². The maximum Gasteiger partial charge on any atom is 0.271 e. The first kappa shape index (κ1) is 10.7. The smallest absolute Gasteiger partial charge is 0.271 e. The Bertz CT molecular complexity index is 530. The van der Waals surface area contributed by atoms with Crippen molar-refractivity contribution in [2.24, 2.45) is 0 Å². The third kappa shape index (κ3) is 1.94. The fourth-order valence-corrected chi connectivity index (χ4v) is 2.74. The monoisotopic (exact) mass is 240 g/mol. The zero-order valence-electron chi connectivity index (χ0n) is 8.69. The van der Waals surface area contributed by atoms with Crippen molar-refractivity contribution in [3.8, 4) is 0 Å². The summed E-state index contributed by atoms with van der Waals surface area (Å²) in [5, 5.41) is 1.98. The summed E-state index contributed by atoms with van der Waals surface area (Å²) >= 11 is 3.22. The topological polar surface area (TPSA) is 34.9 Å². The SMILES string of the molecule is CSCCn1cnc2c(C)csc2c1=O. The first-order valence-corrected chi connectivity index (χ1v) is 6.93. The van der Waals surface area contributed by atoms with E-state index < -0.39 is 0 Å². The molecule has 0 aliphatic heterocycles. The van der Waals surface area contributed by atoms with Gasteiger partial charge in [0.1, 0.15) is 4.70 Å². The molecule has 2 rings (SSSR count). The number of hydrogen-bond donors (Lipinski definition) is 0. The van der Waals surface area contributed by atoms with E-state index in [-0.39, 0.29) is 5.56 Å². The lowest BCUT2D eigenvalue weighted by Gasteiger charge is -2.02. The van der Waals surface area contributed by atoms with Gasteiger partial charge in [-0.25, -0.2) is 4.98 Å². The van der Waals surface area contributed by atoms with Gasteiger partial charge in [0.15, 0.2) is 0 Å². The predicted molar refractivity (Wildman–Crippen MR) is 67.0 cm³/mol. The van der Waals surface area contributed by atoms with Gasteiger partial charge in [-0.05, 0) is 24.1 Å². The first-order valence-electron chi connectivity index (χ1n) is 4.66. The normalized spacial score (nSPS) is 11.1. The highest BCUT2D eigenvalue weighted by atomic mass is 32.2. The molecule has 0 radical (unpaired) electrons. The van der Waals surface area contributed by atoms with Crippen LogP contribution in [0.3, 0.4) is 0 Å². The quantitative estimate of drug-likeness (QED) is 0.824. The molecule has 15 heavy (non-hydrogen) atoms. The first-order chi connectivity index (χ1) is 7.24. The van der Waals surface area contributed by atoms with E-state index in [4.69, 9.17) is 0 Å². The third-order valence-electron chi connectivity index (χ3n) is 2.26. The molecule has 0 spiro atoms. The average molecular weight is 240 g/mol. The van der Waals surface area contributed by atoms with Crippen molar-refractivity contribution in [1.29, 1.82) is 0 Å². The highest BCUT2D eigenvalue weighted by Gasteiger charge is 2.07. The molecule has 0 saturated heterocycles. The van der Waals surface area contributed by atoms with Crippen LogP contribution >= 0.6 is 23.1 Å². The van der Waals surface area contributed by atoms with Gasteiger partial charge in [-0.2, -0.15) is 11.8 Å². The Balaban J connectivity index is 2.51. The number of aromatic nitrogens is 2. The number of thiophene rings is 1. The van der Waals surface area contributed by atoms with Crippen LogP contribution in [-0.4, -0.2) is 21.6 Å². The molecular formula is C10H12N2OS2. The van der Waals surface area contributed by atoms with Gasteiger partial charge in [0.25, 0.3) is 5.56 Å². The lowest BCUT2D eigenvalue weighted by molar-refractivity contribution is 0.727. The second-order valence-corrected chi connectivity index (χ2v) is 5.20. The number of thioether (sulfide) groups is 1. The van der Waals surface area contributed by atoms with Crippen LogP contribution in [0.1, 0.15) is 5.56 Å². The minimum absolute atomic E-state index is 0.0900. The summed E-state index contributed by atoms with van der Waals surface area (Å²) in [4.78, 5) is 16.3. The summed E-state index contributed by atoms with van der Waals surface area (Å²) < 4.78 is 2.46. The van der Waals surface area contributed by atoms with Crippen LogP contribution < -0.4 is 5.56 Å². The van der Waals surface area contributed by atoms with Crippen LogP contribution in [0.4, 0.5) is 0 Å². The summed E-state index contributed by atoms with van der Waals surface area (Å²) in [6, 6.07) is 0. The molecule has 0 unspecified atom stereocenters. The number of rotatable bonds is 3. The number of aryl methyl sites for hydroxylation is 2. The Morgan fingerprint density at radius 2 is 2.40 bits per heavy atom. The number of fused-ring (bicyclic) bond motifs is 1. The van der Waals surface area contributed by atoms with E-state index in [9.17, 15) is 4.79 Å². The fourth-order valence-electron chi connectivity index (χ4n) is 1.41. The molecule has 0 fully saturated rings. The maximum atomic E-state index is 12.0. The molecule has 2 aromatic rings. The second kappa shape index (κ2) is 4.37. The Morgan fingerprint density at radius 3 is 3.13 bits per heavy atom. The summed E-state index contributed by atoms with van der Waals surface area (Å²) in [6.45, 7) is 2.72. The van der Waals surface area contributed by atoms with Gasteiger partial charge in [-0.15, -0.1) is 11.3 Å². The molecule has 0 aliphatic rings.